The predicted octanol–water partition coefficient (Wildman–Crippen LogP) is 6.41. The average Bonchev–Trinajstić information content (AvgIpc) is 2.86. The van der Waals surface area contributed by atoms with E-state index in [1.165, 1.54) is 18.2 Å². The maximum Gasteiger partial charge on any atom is 0.258 e. The molecule has 0 aliphatic carbocycles. The SMILES string of the molecule is CCc1nccc(-c2cccnc2Oc2ccc(F)c(C(=O)Nc3ccc(C(C)C)cc3)c2)n1. The van der Waals surface area contributed by atoms with E-state index in [0.717, 1.165) is 5.56 Å². The van der Waals surface area contributed by atoms with Crippen LogP contribution in [0.15, 0.2) is 73.1 Å². The van der Waals surface area contributed by atoms with Crippen molar-refractivity contribution in [1.82, 2.24) is 15.0 Å². The number of amides is 1. The van der Waals surface area contributed by atoms with Crippen LogP contribution in [0.3, 0.4) is 0 Å². The van der Waals surface area contributed by atoms with Gasteiger partial charge in [-0.2, -0.15) is 0 Å². The van der Waals surface area contributed by atoms with Crippen molar-refractivity contribution in [2.24, 2.45) is 0 Å². The molecule has 0 saturated carbocycles. The van der Waals surface area contributed by atoms with E-state index in [1.807, 2.05) is 25.1 Å². The van der Waals surface area contributed by atoms with Crippen molar-refractivity contribution in [1.29, 1.82) is 0 Å². The first-order valence-corrected chi connectivity index (χ1v) is 11.1. The minimum atomic E-state index is -0.645. The Hall–Kier alpha value is -4.13. The Morgan fingerprint density at radius 3 is 2.56 bits per heavy atom. The van der Waals surface area contributed by atoms with Crippen molar-refractivity contribution < 1.29 is 13.9 Å². The minimum Gasteiger partial charge on any atom is -0.438 e. The second kappa shape index (κ2) is 10.2. The third-order valence-corrected chi connectivity index (χ3v) is 5.30. The summed E-state index contributed by atoms with van der Waals surface area (Å²) in [5, 5.41) is 2.74. The highest BCUT2D eigenvalue weighted by Crippen LogP contribution is 2.31. The van der Waals surface area contributed by atoms with Crippen LogP contribution in [0.5, 0.6) is 11.6 Å². The molecule has 34 heavy (non-hydrogen) atoms. The Morgan fingerprint density at radius 1 is 1.03 bits per heavy atom. The van der Waals surface area contributed by atoms with Crippen LogP contribution >= 0.6 is 0 Å². The van der Waals surface area contributed by atoms with Crippen LogP contribution in [0.2, 0.25) is 0 Å². The molecule has 0 saturated heterocycles. The molecule has 4 rings (SSSR count). The number of benzene rings is 2. The van der Waals surface area contributed by atoms with Crippen LogP contribution in [0, 0.1) is 5.82 Å². The molecule has 2 aromatic carbocycles. The molecule has 7 heteroatoms. The number of nitrogens with one attached hydrogen (secondary N) is 1. The van der Waals surface area contributed by atoms with Gasteiger partial charge in [0.15, 0.2) is 0 Å². The number of carbonyl (C=O) groups is 1. The molecule has 2 aromatic heterocycles. The van der Waals surface area contributed by atoms with Crippen LogP contribution in [0.1, 0.15) is 48.4 Å². The normalized spacial score (nSPS) is 10.9. The van der Waals surface area contributed by atoms with E-state index in [0.29, 0.717) is 41.0 Å². The number of hydrogen-bond donors (Lipinski definition) is 1. The quantitative estimate of drug-likeness (QED) is 0.348. The maximum atomic E-state index is 14.5. The van der Waals surface area contributed by atoms with Crippen LogP contribution in [0.4, 0.5) is 10.1 Å². The van der Waals surface area contributed by atoms with Gasteiger partial charge in [0, 0.05) is 24.5 Å². The largest absolute Gasteiger partial charge is 0.438 e. The van der Waals surface area contributed by atoms with Crippen LogP contribution in [-0.2, 0) is 6.42 Å². The lowest BCUT2D eigenvalue weighted by Gasteiger charge is -2.12. The molecule has 0 fully saturated rings. The number of pyridine rings is 1. The third kappa shape index (κ3) is 5.26. The lowest BCUT2D eigenvalue weighted by atomic mass is 10.0. The van der Waals surface area contributed by atoms with Crippen molar-refractivity contribution in [2.75, 3.05) is 5.32 Å². The lowest BCUT2D eigenvalue weighted by molar-refractivity contribution is 0.102. The van der Waals surface area contributed by atoms with Gasteiger partial charge in [-0.1, -0.05) is 32.9 Å². The van der Waals surface area contributed by atoms with Crippen molar-refractivity contribution in [3.05, 3.63) is 95.8 Å². The number of aryl methyl sites for hydroxylation is 1. The molecule has 0 aliphatic rings. The second-order valence-electron chi connectivity index (χ2n) is 8.04. The Kier molecular flexibility index (Phi) is 6.92. The van der Waals surface area contributed by atoms with Gasteiger partial charge >= 0.3 is 0 Å². The highest BCUT2D eigenvalue weighted by atomic mass is 19.1. The van der Waals surface area contributed by atoms with E-state index >= 15 is 0 Å². The van der Waals surface area contributed by atoms with E-state index in [1.54, 1.807) is 36.7 Å². The highest BCUT2D eigenvalue weighted by molar-refractivity contribution is 6.04. The van der Waals surface area contributed by atoms with E-state index in [4.69, 9.17) is 4.74 Å². The summed E-state index contributed by atoms with van der Waals surface area (Å²) in [6.45, 7) is 6.16. The van der Waals surface area contributed by atoms with E-state index in [9.17, 15) is 9.18 Å². The number of carbonyl (C=O) groups excluding carboxylic acids is 1. The van der Waals surface area contributed by atoms with Gasteiger partial charge in [0.25, 0.3) is 5.91 Å². The van der Waals surface area contributed by atoms with Gasteiger partial charge < -0.3 is 10.1 Å². The van der Waals surface area contributed by atoms with Gasteiger partial charge in [-0.25, -0.2) is 19.3 Å². The summed E-state index contributed by atoms with van der Waals surface area (Å²) >= 11 is 0. The van der Waals surface area contributed by atoms with Crippen LogP contribution in [0.25, 0.3) is 11.3 Å². The molecule has 0 unspecified atom stereocenters. The predicted molar refractivity (Wildman–Crippen MR) is 130 cm³/mol. The number of halogens is 1. The van der Waals surface area contributed by atoms with Gasteiger partial charge in [-0.15, -0.1) is 0 Å². The molecule has 1 amide bonds. The van der Waals surface area contributed by atoms with E-state index in [2.05, 4.69) is 34.1 Å². The van der Waals surface area contributed by atoms with Crippen molar-refractivity contribution in [3.8, 4) is 22.9 Å². The number of ether oxygens (including phenoxy) is 1. The molecule has 1 N–H and O–H groups in total. The van der Waals surface area contributed by atoms with Crippen LogP contribution < -0.4 is 10.1 Å². The number of hydrogen-bond acceptors (Lipinski definition) is 5. The first kappa shape index (κ1) is 23.0. The summed E-state index contributed by atoms with van der Waals surface area (Å²) in [6.07, 6.45) is 3.98. The highest BCUT2D eigenvalue weighted by Gasteiger charge is 2.16. The van der Waals surface area contributed by atoms with E-state index < -0.39 is 11.7 Å². The standard InChI is InChI=1S/C27H25FN4O2/c1-4-25-29-15-13-24(32-25)21-6-5-14-30-27(21)34-20-11-12-23(28)22(16-20)26(33)31-19-9-7-18(8-10-19)17(2)3/h5-17H,4H2,1-3H3,(H,31,33). The molecule has 172 valence electrons. The molecular weight excluding hydrogens is 431 g/mol. The fourth-order valence-electron chi connectivity index (χ4n) is 3.39. The summed E-state index contributed by atoms with van der Waals surface area (Å²) in [4.78, 5) is 25.9. The Bertz CT molecular complexity index is 1310. The first-order valence-electron chi connectivity index (χ1n) is 11.1. The van der Waals surface area contributed by atoms with Gasteiger partial charge in [-0.3, -0.25) is 4.79 Å². The lowest BCUT2D eigenvalue weighted by Crippen LogP contribution is -2.14. The molecule has 0 aliphatic heterocycles. The van der Waals surface area contributed by atoms with Crippen molar-refractivity contribution >= 4 is 11.6 Å². The van der Waals surface area contributed by atoms with Crippen molar-refractivity contribution in [2.45, 2.75) is 33.1 Å². The summed E-state index contributed by atoms with van der Waals surface area (Å²) < 4.78 is 20.5. The van der Waals surface area contributed by atoms with Gasteiger partial charge in [-0.05, 0) is 60.0 Å². The van der Waals surface area contributed by atoms with E-state index in [-0.39, 0.29) is 11.3 Å². The molecule has 0 atom stereocenters. The average molecular weight is 457 g/mol. The zero-order valence-corrected chi connectivity index (χ0v) is 19.2. The molecule has 0 radical (unpaired) electrons. The Morgan fingerprint density at radius 2 is 1.82 bits per heavy atom. The monoisotopic (exact) mass is 456 g/mol. The molecule has 4 aromatic rings. The number of nitrogens with zero attached hydrogens (tertiary/aromatic N) is 3. The Labute approximate surface area is 197 Å². The maximum absolute atomic E-state index is 14.5. The summed E-state index contributed by atoms with van der Waals surface area (Å²) in [7, 11) is 0. The topological polar surface area (TPSA) is 77.0 Å². The number of aromatic nitrogens is 3. The zero-order chi connectivity index (χ0) is 24.1. The molecule has 0 spiro atoms. The van der Waals surface area contributed by atoms with Gasteiger partial charge in [0.1, 0.15) is 17.4 Å². The smallest absolute Gasteiger partial charge is 0.258 e. The van der Waals surface area contributed by atoms with Crippen LogP contribution in [-0.4, -0.2) is 20.9 Å². The summed E-state index contributed by atoms with van der Waals surface area (Å²) in [5.41, 5.74) is 2.95. The summed E-state index contributed by atoms with van der Waals surface area (Å²) in [6, 6.07) is 16.9. The first-order chi connectivity index (χ1) is 16.4. The molecule has 0 bridgehead atoms. The Balaban J connectivity index is 1.58. The zero-order valence-electron chi connectivity index (χ0n) is 19.2. The second-order valence-corrected chi connectivity index (χ2v) is 8.04. The third-order valence-electron chi connectivity index (χ3n) is 5.30. The minimum absolute atomic E-state index is 0.127. The fraction of sp³-hybridized carbons (Fsp3) is 0.185. The van der Waals surface area contributed by atoms with Gasteiger partial charge in [0.05, 0.1) is 16.8 Å². The molecular formula is C27H25FN4O2. The fourth-order valence-corrected chi connectivity index (χ4v) is 3.39. The number of anilines is 1. The van der Waals surface area contributed by atoms with Crippen molar-refractivity contribution in [3.63, 3.8) is 0 Å². The van der Waals surface area contributed by atoms with Gasteiger partial charge in [0.2, 0.25) is 5.88 Å². The molecule has 2 heterocycles. The summed E-state index contributed by atoms with van der Waals surface area (Å²) in [5.74, 6) is 0.452. The molecule has 6 nitrogen and oxygen atoms in total. The number of rotatable bonds is 7.